The van der Waals surface area contributed by atoms with E-state index in [0.29, 0.717) is 0 Å². The van der Waals surface area contributed by atoms with Gasteiger partial charge in [0.05, 0.1) is 0 Å². The van der Waals surface area contributed by atoms with Crippen LogP contribution in [0.2, 0.25) is 0 Å². The summed E-state index contributed by atoms with van der Waals surface area (Å²) >= 11 is 0. The topological polar surface area (TPSA) is 143 Å². The molecule has 0 atom stereocenters. The van der Waals surface area contributed by atoms with Gasteiger partial charge in [-0.25, -0.2) is 0 Å². The largest absolute Gasteiger partial charge is 6.00 e. The molecule has 0 aliphatic rings. The summed E-state index contributed by atoms with van der Waals surface area (Å²) in [7, 11) is 0. The van der Waals surface area contributed by atoms with Crippen LogP contribution in [0, 0.1) is 71.0 Å². The van der Waals surface area contributed by atoms with Gasteiger partial charge in [-0.3, -0.25) is 0 Å². The predicted octanol–water partition coefficient (Wildman–Crippen LogP) is 0.571. The van der Waals surface area contributed by atoms with E-state index in [9.17, 15) is 0 Å². The molecular weight excluding hydrogens is 334 g/mol. The van der Waals surface area contributed by atoms with Gasteiger partial charge in [0.15, 0.2) is 0 Å². The molecule has 0 aromatic heterocycles. The minimum Gasteiger partial charge on any atom is -0.512 e. The zero-order valence-corrected chi connectivity index (χ0v) is 9.69. The van der Waals surface area contributed by atoms with E-state index in [0.717, 1.165) is 0 Å². The maximum absolute atomic E-state index is 6.25. The molecule has 15 heavy (non-hydrogen) atoms. The summed E-state index contributed by atoms with van der Waals surface area (Å²) in [5.74, 6) is 0. The zero-order chi connectivity index (χ0) is 12.0. The van der Waals surface area contributed by atoms with Gasteiger partial charge in [0.2, 0.25) is 0 Å². The third-order valence-electron chi connectivity index (χ3n) is 0. The van der Waals surface area contributed by atoms with Crippen molar-refractivity contribution in [3.63, 3.8) is 0 Å². The second kappa shape index (κ2) is 704. The smallest absolute Gasteiger partial charge is 0.512 e. The molecule has 83 valence electrons. The maximum atomic E-state index is 6.25. The van der Waals surface area contributed by atoms with E-state index in [2.05, 4.69) is 0 Å². The molecule has 0 N–H and O–H groups in total. The Morgan fingerprint density at radius 1 is 0.400 bits per heavy atom. The van der Waals surface area contributed by atoms with Gasteiger partial charge in [-0.05, 0) is 0 Å². The van der Waals surface area contributed by atoms with Crippen LogP contribution >= 0.6 is 0 Å². The van der Waals surface area contributed by atoms with Gasteiger partial charge in [-0.1, -0.05) is 0 Å². The number of nitrogens with zero attached hydrogens (tertiary/aromatic N) is 6. The van der Waals surface area contributed by atoms with E-state index in [1.165, 1.54) is 0 Å². The first-order valence-electron chi connectivity index (χ1n) is 1.34. The van der Waals surface area contributed by atoms with Gasteiger partial charge < -0.3 is 71.0 Å². The molecule has 0 unspecified atom stereocenters. The van der Waals surface area contributed by atoms with Crippen LogP contribution in [0.25, 0.3) is 0 Å². The second-order valence-electron chi connectivity index (χ2n) is 0. The van der Waals surface area contributed by atoms with E-state index in [1.54, 1.807) is 0 Å². The number of hydrogen-bond acceptors (Lipinski definition) is 6. The Morgan fingerprint density at radius 2 is 0.400 bits per heavy atom. The van der Waals surface area contributed by atoms with Crippen molar-refractivity contribution in [2.24, 2.45) is 0 Å². The normalized spacial score (nSPS) is 0.800. The fourth-order valence-electron chi connectivity index (χ4n) is 0. The summed E-state index contributed by atoms with van der Waals surface area (Å²) in [5, 5.41) is 37.5. The Morgan fingerprint density at radius 3 is 0.400 bits per heavy atom. The Hall–Kier alpha value is -1.53. The molecule has 0 aromatic carbocycles. The quantitative estimate of drug-likeness (QED) is 0.468. The molecule has 0 aliphatic carbocycles. The third kappa shape index (κ3) is 586. The maximum Gasteiger partial charge on any atom is 6.00 e. The number of rotatable bonds is 0. The van der Waals surface area contributed by atoms with Crippen LogP contribution < -0.4 is 0 Å². The van der Waals surface area contributed by atoms with Crippen LogP contribution in [0.1, 0.15) is 0 Å². The molecule has 0 rings (SSSR count). The molecule has 0 bridgehead atoms. The van der Waals surface area contributed by atoms with Gasteiger partial charge in [0.1, 0.15) is 0 Å². The Balaban J connectivity index is -0.00000000396. The summed E-state index contributed by atoms with van der Waals surface area (Å²) in [5.41, 5.74) is 0. The van der Waals surface area contributed by atoms with Gasteiger partial charge in [-0.15, -0.1) is 0 Å². The molecule has 9 heteroatoms. The van der Waals surface area contributed by atoms with Crippen molar-refractivity contribution < 1.29 is 50.6 Å². The van der Waals surface area contributed by atoms with Crippen molar-refractivity contribution in [2.75, 3.05) is 0 Å². The molecular formula is C6CuFeN6Ni. The first kappa shape index (κ1) is 105. The molecule has 0 amide bonds. The average Bonchev–Trinajstić information content (AvgIpc) is 2.33. The standard InChI is InChI=1S/6CN.Cu.Fe.Ni/c6*1-2;;;/q6*-1;;+6;. The van der Waals surface area contributed by atoms with Crippen molar-refractivity contribution in [1.29, 1.82) is 31.6 Å². The third-order valence-corrected chi connectivity index (χ3v) is 0. The summed E-state index contributed by atoms with van der Waals surface area (Å²) < 4.78 is 0. The average molecular weight is 334 g/mol. The second-order valence-corrected chi connectivity index (χ2v) is 0. The van der Waals surface area contributed by atoms with Crippen molar-refractivity contribution >= 4 is 0 Å². The van der Waals surface area contributed by atoms with E-state index >= 15 is 0 Å². The Bertz CT molecular complexity index is 103. The summed E-state index contributed by atoms with van der Waals surface area (Å²) in [6, 6.07) is 0. The van der Waals surface area contributed by atoms with Crippen LogP contribution in [0.15, 0.2) is 0 Å². The van der Waals surface area contributed by atoms with Crippen molar-refractivity contribution in [3.05, 3.63) is 39.4 Å². The number of hydrogen-bond donors (Lipinski definition) is 0. The molecule has 1 radical (unpaired) electrons. The van der Waals surface area contributed by atoms with E-state index in [1.807, 2.05) is 0 Å². The van der Waals surface area contributed by atoms with E-state index in [-0.39, 0.29) is 50.6 Å². The van der Waals surface area contributed by atoms with Gasteiger partial charge >= 0.3 is 17.1 Å². The van der Waals surface area contributed by atoms with Crippen LogP contribution in [0.5, 0.6) is 0 Å². The van der Waals surface area contributed by atoms with Gasteiger partial charge in [0, 0.05) is 33.6 Å². The summed E-state index contributed by atoms with van der Waals surface area (Å²) in [6.07, 6.45) is 0. The molecule has 0 saturated heterocycles. The molecule has 6 nitrogen and oxygen atoms in total. The SMILES string of the molecule is [C-]#N.[C-]#N.[C-]#N.[C-]#N.[C-]#N.[C-]#N.[Cu].[Fe+6].[Ni]. The van der Waals surface area contributed by atoms with Crippen molar-refractivity contribution in [3.8, 4) is 0 Å². The molecule has 0 aliphatic heterocycles. The fraction of sp³-hybridized carbons (Fsp3) is 0. The van der Waals surface area contributed by atoms with Crippen molar-refractivity contribution in [1.82, 2.24) is 0 Å². The van der Waals surface area contributed by atoms with Crippen LogP contribution in [0.4, 0.5) is 0 Å². The first-order chi connectivity index (χ1) is 6.00. The molecule has 0 spiro atoms. The predicted molar refractivity (Wildman–Crippen MR) is 29.8 cm³/mol. The van der Waals surface area contributed by atoms with Gasteiger partial charge in [-0.2, -0.15) is 0 Å². The molecule has 0 heterocycles. The van der Waals surface area contributed by atoms with Crippen molar-refractivity contribution in [2.45, 2.75) is 0 Å². The summed E-state index contributed by atoms with van der Waals surface area (Å²) in [4.78, 5) is 0. The molecule has 0 fully saturated rings. The van der Waals surface area contributed by atoms with Crippen LogP contribution in [-0.2, 0) is 50.6 Å². The molecule has 0 aromatic rings. The first-order valence-corrected chi connectivity index (χ1v) is 1.34. The van der Waals surface area contributed by atoms with Crippen LogP contribution in [-0.4, -0.2) is 0 Å². The summed E-state index contributed by atoms with van der Waals surface area (Å²) in [6.45, 7) is 28.5. The fourth-order valence-corrected chi connectivity index (χ4v) is 0. The van der Waals surface area contributed by atoms with Gasteiger partial charge in [0.25, 0.3) is 0 Å². The Labute approximate surface area is 121 Å². The zero-order valence-electron chi connectivity index (χ0n) is 6.65. The van der Waals surface area contributed by atoms with E-state index in [4.69, 9.17) is 71.0 Å². The van der Waals surface area contributed by atoms with Crippen LogP contribution in [0.3, 0.4) is 0 Å². The molecule has 0 saturated carbocycles. The minimum atomic E-state index is 0. The monoisotopic (exact) mass is 333 g/mol. The Kier molecular flexibility index (Phi) is 4910. The van der Waals surface area contributed by atoms with E-state index < -0.39 is 0 Å². The minimum absolute atomic E-state index is 0.